The maximum Gasteiger partial charge on any atom is 0.199 e. The highest BCUT2D eigenvalue weighted by Crippen LogP contribution is 2.20. The fourth-order valence-electron chi connectivity index (χ4n) is 1.58. The van der Waals surface area contributed by atoms with Crippen LogP contribution < -0.4 is 5.73 Å². The number of rotatable bonds is 4. The minimum Gasteiger partial charge on any atom is -0.456 e. The standard InChI is InChI=1S/C11H16N4O/c1-8(2)6-15-7-13-14-11(15)10-4-3-9(5-12)16-10/h3-4,7-8H,5-6,12H2,1-2H3. The molecule has 5 nitrogen and oxygen atoms in total. The molecule has 0 amide bonds. The summed E-state index contributed by atoms with van der Waals surface area (Å²) in [5, 5.41) is 7.97. The molecule has 0 aromatic carbocycles. The number of furan rings is 1. The fraction of sp³-hybridized carbons (Fsp3) is 0.455. The van der Waals surface area contributed by atoms with E-state index in [-0.39, 0.29) is 0 Å². The van der Waals surface area contributed by atoms with E-state index in [1.807, 2.05) is 16.7 Å². The molecule has 2 N–H and O–H groups in total. The van der Waals surface area contributed by atoms with Crippen molar-refractivity contribution in [1.29, 1.82) is 0 Å². The first-order valence-electron chi connectivity index (χ1n) is 5.37. The van der Waals surface area contributed by atoms with E-state index in [0.717, 1.165) is 23.9 Å². The van der Waals surface area contributed by atoms with E-state index in [2.05, 4.69) is 24.0 Å². The van der Waals surface area contributed by atoms with Gasteiger partial charge in [0.15, 0.2) is 11.6 Å². The van der Waals surface area contributed by atoms with Crippen molar-refractivity contribution in [2.75, 3.05) is 0 Å². The van der Waals surface area contributed by atoms with Gasteiger partial charge in [-0.3, -0.25) is 0 Å². The van der Waals surface area contributed by atoms with Crippen molar-refractivity contribution in [2.45, 2.75) is 26.9 Å². The lowest BCUT2D eigenvalue weighted by atomic mass is 10.2. The molecule has 16 heavy (non-hydrogen) atoms. The van der Waals surface area contributed by atoms with Gasteiger partial charge in [-0.05, 0) is 18.1 Å². The summed E-state index contributed by atoms with van der Waals surface area (Å²) in [6.07, 6.45) is 1.72. The van der Waals surface area contributed by atoms with Crippen molar-refractivity contribution >= 4 is 0 Å². The Morgan fingerprint density at radius 2 is 2.25 bits per heavy atom. The van der Waals surface area contributed by atoms with Crippen molar-refractivity contribution < 1.29 is 4.42 Å². The molecule has 0 aliphatic carbocycles. The molecular formula is C11H16N4O. The second-order valence-corrected chi connectivity index (χ2v) is 4.17. The summed E-state index contributed by atoms with van der Waals surface area (Å²) in [4.78, 5) is 0. The van der Waals surface area contributed by atoms with Crippen molar-refractivity contribution in [3.05, 3.63) is 24.2 Å². The van der Waals surface area contributed by atoms with Crippen molar-refractivity contribution in [1.82, 2.24) is 14.8 Å². The SMILES string of the molecule is CC(C)Cn1cnnc1-c1ccc(CN)o1. The highest BCUT2D eigenvalue weighted by atomic mass is 16.3. The third-order valence-corrected chi connectivity index (χ3v) is 2.26. The summed E-state index contributed by atoms with van der Waals surface area (Å²) in [6, 6.07) is 3.74. The summed E-state index contributed by atoms with van der Waals surface area (Å²) < 4.78 is 7.54. The summed E-state index contributed by atoms with van der Waals surface area (Å²) in [5.41, 5.74) is 5.50. The lowest BCUT2D eigenvalue weighted by Crippen LogP contribution is -2.04. The first kappa shape index (κ1) is 10.9. The van der Waals surface area contributed by atoms with Crippen LogP contribution in [0.4, 0.5) is 0 Å². The molecule has 0 aliphatic rings. The summed E-state index contributed by atoms with van der Waals surface area (Å²) in [7, 11) is 0. The van der Waals surface area contributed by atoms with Gasteiger partial charge in [0.25, 0.3) is 0 Å². The molecule has 0 bridgehead atoms. The number of hydrogen-bond acceptors (Lipinski definition) is 4. The molecule has 0 saturated carbocycles. The van der Waals surface area contributed by atoms with Gasteiger partial charge >= 0.3 is 0 Å². The van der Waals surface area contributed by atoms with Crippen molar-refractivity contribution in [2.24, 2.45) is 11.7 Å². The lowest BCUT2D eigenvalue weighted by molar-refractivity contribution is 0.497. The summed E-state index contributed by atoms with van der Waals surface area (Å²) in [5.74, 6) is 2.78. The maximum atomic E-state index is 5.55. The molecule has 0 fully saturated rings. The monoisotopic (exact) mass is 220 g/mol. The third kappa shape index (κ3) is 2.14. The van der Waals surface area contributed by atoms with Gasteiger partial charge in [0.1, 0.15) is 12.1 Å². The van der Waals surface area contributed by atoms with E-state index in [9.17, 15) is 0 Å². The van der Waals surface area contributed by atoms with Crippen molar-refractivity contribution in [3.63, 3.8) is 0 Å². The molecule has 2 rings (SSSR count). The van der Waals surface area contributed by atoms with Crippen LogP contribution in [-0.2, 0) is 13.1 Å². The van der Waals surface area contributed by atoms with E-state index >= 15 is 0 Å². The Kier molecular flexibility index (Phi) is 3.05. The zero-order valence-corrected chi connectivity index (χ0v) is 9.55. The van der Waals surface area contributed by atoms with Crippen LogP contribution in [0.25, 0.3) is 11.6 Å². The van der Waals surface area contributed by atoms with E-state index in [4.69, 9.17) is 10.2 Å². The number of aromatic nitrogens is 3. The molecule has 0 radical (unpaired) electrons. The molecule has 0 atom stereocenters. The smallest absolute Gasteiger partial charge is 0.199 e. The van der Waals surface area contributed by atoms with Crippen LogP contribution in [0, 0.1) is 5.92 Å². The Balaban J connectivity index is 2.29. The van der Waals surface area contributed by atoms with E-state index < -0.39 is 0 Å². The van der Waals surface area contributed by atoms with E-state index in [1.54, 1.807) is 6.33 Å². The number of hydrogen-bond donors (Lipinski definition) is 1. The molecule has 0 spiro atoms. The predicted octanol–water partition coefficient (Wildman–Crippen LogP) is 1.65. The Morgan fingerprint density at radius 1 is 1.44 bits per heavy atom. The van der Waals surface area contributed by atoms with Crippen LogP contribution in [0.1, 0.15) is 19.6 Å². The number of nitrogens with zero attached hydrogens (tertiary/aromatic N) is 3. The Labute approximate surface area is 94.3 Å². The predicted molar refractivity (Wildman–Crippen MR) is 60.5 cm³/mol. The third-order valence-electron chi connectivity index (χ3n) is 2.26. The molecule has 2 aromatic heterocycles. The van der Waals surface area contributed by atoms with Crippen LogP contribution >= 0.6 is 0 Å². The van der Waals surface area contributed by atoms with Crippen molar-refractivity contribution in [3.8, 4) is 11.6 Å². The molecule has 2 aromatic rings. The second-order valence-electron chi connectivity index (χ2n) is 4.17. The van der Waals surface area contributed by atoms with Gasteiger partial charge in [-0.1, -0.05) is 13.8 Å². The van der Waals surface area contributed by atoms with Crippen LogP contribution in [-0.4, -0.2) is 14.8 Å². The summed E-state index contributed by atoms with van der Waals surface area (Å²) in [6.45, 7) is 5.58. The Bertz CT molecular complexity index is 458. The van der Waals surface area contributed by atoms with Gasteiger partial charge < -0.3 is 14.7 Å². The zero-order valence-electron chi connectivity index (χ0n) is 9.55. The van der Waals surface area contributed by atoms with Gasteiger partial charge in [-0.2, -0.15) is 0 Å². The minimum absolute atomic E-state index is 0.401. The first-order valence-corrected chi connectivity index (χ1v) is 5.37. The second kappa shape index (κ2) is 4.49. The molecular weight excluding hydrogens is 204 g/mol. The Hall–Kier alpha value is -1.62. The normalized spacial score (nSPS) is 11.2. The maximum absolute atomic E-state index is 5.55. The zero-order chi connectivity index (χ0) is 11.5. The van der Waals surface area contributed by atoms with Gasteiger partial charge in [-0.25, -0.2) is 0 Å². The molecule has 0 aliphatic heterocycles. The molecule has 0 unspecified atom stereocenters. The highest BCUT2D eigenvalue weighted by molar-refractivity contribution is 5.46. The first-order chi connectivity index (χ1) is 7.70. The highest BCUT2D eigenvalue weighted by Gasteiger charge is 2.12. The van der Waals surface area contributed by atoms with Gasteiger partial charge in [0, 0.05) is 6.54 Å². The van der Waals surface area contributed by atoms with Crippen LogP contribution in [0.15, 0.2) is 22.9 Å². The Morgan fingerprint density at radius 3 is 2.88 bits per heavy atom. The topological polar surface area (TPSA) is 69.9 Å². The summed E-state index contributed by atoms with van der Waals surface area (Å²) >= 11 is 0. The van der Waals surface area contributed by atoms with E-state index in [1.165, 1.54) is 0 Å². The van der Waals surface area contributed by atoms with Crippen LogP contribution in [0.2, 0.25) is 0 Å². The van der Waals surface area contributed by atoms with Crippen LogP contribution in [0.5, 0.6) is 0 Å². The average Bonchev–Trinajstić information content (AvgIpc) is 2.84. The average molecular weight is 220 g/mol. The molecule has 86 valence electrons. The molecule has 5 heteroatoms. The van der Waals surface area contributed by atoms with E-state index in [0.29, 0.717) is 12.5 Å². The fourth-order valence-corrected chi connectivity index (χ4v) is 1.58. The molecule has 0 saturated heterocycles. The van der Waals surface area contributed by atoms with Gasteiger partial charge in [0.05, 0.1) is 6.54 Å². The molecule has 2 heterocycles. The largest absolute Gasteiger partial charge is 0.456 e. The van der Waals surface area contributed by atoms with Crippen LogP contribution in [0.3, 0.4) is 0 Å². The quantitative estimate of drug-likeness (QED) is 0.850. The van der Waals surface area contributed by atoms with Gasteiger partial charge in [0.2, 0.25) is 0 Å². The minimum atomic E-state index is 0.401. The lowest BCUT2D eigenvalue weighted by Gasteiger charge is -2.07. The van der Waals surface area contributed by atoms with Gasteiger partial charge in [-0.15, -0.1) is 10.2 Å². The number of nitrogens with two attached hydrogens (primary N) is 1.